The lowest BCUT2D eigenvalue weighted by Gasteiger charge is -2.36. The molecule has 1 aromatic heterocycles. The van der Waals surface area contributed by atoms with Crippen molar-refractivity contribution >= 4 is 11.8 Å². The Hall–Kier alpha value is -1.96. The lowest BCUT2D eigenvalue weighted by atomic mass is 10.0. The van der Waals surface area contributed by atoms with E-state index in [4.69, 9.17) is 4.52 Å². The monoisotopic (exact) mass is 351 g/mol. The highest BCUT2D eigenvalue weighted by Crippen LogP contribution is 2.12. The summed E-state index contributed by atoms with van der Waals surface area (Å²) in [4.78, 5) is 32.5. The van der Waals surface area contributed by atoms with Gasteiger partial charge in [0, 0.05) is 39.5 Å². The number of aryl methyl sites for hydroxylation is 1. The first-order valence-corrected chi connectivity index (χ1v) is 8.98. The SMILES string of the molecule is CCc1nc(CN2CCN(C(=O)[C@H](CC(C)C)NC(C)=O)CC2)no1. The molecule has 0 unspecified atom stereocenters. The maximum Gasteiger partial charge on any atom is 0.245 e. The highest BCUT2D eigenvalue weighted by molar-refractivity contribution is 5.87. The average Bonchev–Trinajstić information content (AvgIpc) is 3.01. The Balaban J connectivity index is 1.86. The fraction of sp³-hybridized carbons (Fsp3) is 0.765. The molecule has 8 nitrogen and oxygen atoms in total. The number of nitrogens with one attached hydrogen (secondary N) is 1. The van der Waals surface area contributed by atoms with Gasteiger partial charge in [-0.25, -0.2) is 0 Å². The van der Waals surface area contributed by atoms with Gasteiger partial charge in [0.1, 0.15) is 6.04 Å². The van der Waals surface area contributed by atoms with E-state index in [1.165, 1.54) is 6.92 Å². The van der Waals surface area contributed by atoms with Crippen molar-refractivity contribution in [3.63, 3.8) is 0 Å². The molecule has 1 N–H and O–H groups in total. The molecule has 1 saturated heterocycles. The Kier molecular flexibility index (Phi) is 6.92. The molecule has 0 aliphatic carbocycles. The van der Waals surface area contributed by atoms with Crippen LogP contribution in [0.1, 0.15) is 45.8 Å². The zero-order valence-corrected chi connectivity index (χ0v) is 15.6. The second-order valence-electron chi connectivity index (χ2n) is 6.94. The van der Waals surface area contributed by atoms with Crippen LogP contribution in [0.5, 0.6) is 0 Å². The van der Waals surface area contributed by atoms with Crippen LogP contribution in [0.4, 0.5) is 0 Å². The molecule has 0 aromatic carbocycles. The number of hydrogen-bond donors (Lipinski definition) is 1. The van der Waals surface area contributed by atoms with Gasteiger partial charge in [-0.3, -0.25) is 14.5 Å². The first-order valence-electron chi connectivity index (χ1n) is 8.98. The average molecular weight is 351 g/mol. The van der Waals surface area contributed by atoms with Gasteiger partial charge < -0.3 is 14.7 Å². The second kappa shape index (κ2) is 8.94. The topological polar surface area (TPSA) is 91.6 Å². The van der Waals surface area contributed by atoms with Crippen LogP contribution < -0.4 is 5.32 Å². The van der Waals surface area contributed by atoms with Gasteiger partial charge in [0.05, 0.1) is 6.54 Å². The summed E-state index contributed by atoms with van der Waals surface area (Å²) in [7, 11) is 0. The van der Waals surface area contributed by atoms with E-state index in [1.807, 2.05) is 11.8 Å². The number of amides is 2. The summed E-state index contributed by atoms with van der Waals surface area (Å²) < 4.78 is 5.13. The van der Waals surface area contributed by atoms with Crippen molar-refractivity contribution in [2.45, 2.75) is 53.1 Å². The van der Waals surface area contributed by atoms with E-state index in [0.717, 1.165) is 19.5 Å². The fourth-order valence-electron chi connectivity index (χ4n) is 2.98. The molecule has 2 rings (SSSR count). The quantitative estimate of drug-likeness (QED) is 0.782. The number of aromatic nitrogens is 2. The van der Waals surface area contributed by atoms with Gasteiger partial charge in [0.2, 0.25) is 17.7 Å². The van der Waals surface area contributed by atoms with E-state index in [9.17, 15) is 9.59 Å². The molecular formula is C17H29N5O3. The van der Waals surface area contributed by atoms with E-state index in [-0.39, 0.29) is 11.8 Å². The third-order valence-corrected chi connectivity index (χ3v) is 4.24. The van der Waals surface area contributed by atoms with E-state index < -0.39 is 6.04 Å². The normalized spacial score (nSPS) is 16.9. The lowest BCUT2D eigenvalue weighted by molar-refractivity contribution is -0.138. The van der Waals surface area contributed by atoms with Crippen molar-refractivity contribution in [2.24, 2.45) is 5.92 Å². The van der Waals surface area contributed by atoms with Crippen LogP contribution in [-0.2, 0) is 22.6 Å². The van der Waals surface area contributed by atoms with Crippen molar-refractivity contribution in [1.82, 2.24) is 25.3 Å². The van der Waals surface area contributed by atoms with Crippen LogP contribution in [0.25, 0.3) is 0 Å². The molecule has 1 atom stereocenters. The molecule has 0 saturated carbocycles. The minimum Gasteiger partial charge on any atom is -0.345 e. The molecule has 2 heterocycles. The Labute approximate surface area is 148 Å². The number of carbonyl (C=O) groups is 2. The third kappa shape index (κ3) is 5.81. The summed E-state index contributed by atoms with van der Waals surface area (Å²) in [5, 5.41) is 6.77. The Morgan fingerprint density at radius 2 is 1.92 bits per heavy atom. The Morgan fingerprint density at radius 3 is 2.44 bits per heavy atom. The summed E-state index contributed by atoms with van der Waals surface area (Å²) >= 11 is 0. The predicted octanol–water partition coefficient (Wildman–Crippen LogP) is 0.827. The number of carbonyl (C=O) groups excluding carboxylic acids is 2. The Bertz CT molecular complexity index is 579. The number of piperazine rings is 1. The van der Waals surface area contributed by atoms with Crippen molar-refractivity contribution in [3.05, 3.63) is 11.7 Å². The second-order valence-corrected chi connectivity index (χ2v) is 6.94. The van der Waals surface area contributed by atoms with Crippen LogP contribution in [0, 0.1) is 5.92 Å². The molecule has 8 heteroatoms. The van der Waals surface area contributed by atoms with E-state index in [0.29, 0.717) is 43.7 Å². The van der Waals surface area contributed by atoms with Crippen molar-refractivity contribution in [2.75, 3.05) is 26.2 Å². The van der Waals surface area contributed by atoms with Gasteiger partial charge in [0.25, 0.3) is 0 Å². The van der Waals surface area contributed by atoms with Crippen LogP contribution in [0.2, 0.25) is 0 Å². The van der Waals surface area contributed by atoms with Gasteiger partial charge in [0.15, 0.2) is 5.82 Å². The largest absolute Gasteiger partial charge is 0.345 e. The summed E-state index contributed by atoms with van der Waals surface area (Å²) in [6.45, 7) is 11.0. The minimum absolute atomic E-state index is 0.0105. The molecule has 0 radical (unpaired) electrons. The van der Waals surface area contributed by atoms with Gasteiger partial charge in [-0.2, -0.15) is 4.98 Å². The molecule has 0 bridgehead atoms. The van der Waals surface area contributed by atoms with Crippen molar-refractivity contribution in [3.8, 4) is 0 Å². The molecule has 0 spiro atoms. The number of rotatable bonds is 7. The maximum atomic E-state index is 12.7. The van der Waals surface area contributed by atoms with Gasteiger partial charge in [-0.1, -0.05) is 25.9 Å². The summed E-state index contributed by atoms with van der Waals surface area (Å²) in [6, 6.07) is -0.437. The molecule has 1 fully saturated rings. The highest BCUT2D eigenvalue weighted by atomic mass is 16.5. The molecule has 25 heavy (non-hydrogen) atoms. The van der Waals surface area contributed by atoms with Crippen LogP contribution in [0.15, 0.2) is 4.52 Å². The fourth-order valence-corrected chi connectivity index (χ4v) is 2.98. The summed E-state index contributed by atoms with van der Waals surface area (Å²) in [5.41, 5.74) is 0. The van der Waals surface area contributed by atoms with Gasteiger partial charge >= 0.3 is 0 Å². The first kappa shape index (κ1) is 19.4. The molecule has 2 amide bonds. The van der Waals surface area contributed by atoms with Crippen LogP contribution >= 0.6 is 0 Å². The first-order chi connectivity index (χ1) is 11.9. The van der Waals surface area contributed by atoms with E-state index >= 15 is 0 Å². The molecule has 1 aromatic rings. The highest BCUT2D eigenvalue weighted by Gasteiger charge is 2.28. The predicted molar refractivity (Wildman–Crippen MR) is 92.6 cm³/mol. The molecule has 1 aliphatic rings. The van der Waals surface area contributed by atoms with Crippen LogP contribution in [0.3, 0.4) is 0 Å². The summed E-state index contributed by atoms with van der Waals surface area (Å²) in [5.74, 6) is 1.52. The zero-order valence-electron chi connectivity index (χ0n) is 15.6. The Morgan fingerprint density at radius 1 is 1.24 bits per heavy atom. The van der Waals surface area contributed by atoms with Crippen molar-refractivity contribution in [1.29, 1.82) is 0 Å². The smallest absolute Gasteiger partial charge is 0.245 e. The molecular weight excluding hydrogens is 322 g/mol. The standard InChI is InChI=1S/C17H29N5O3/c1-5-16-19-15(20-25-16)11-21-6-8-22(9-7-21)17(24)14(10-12(2)3)18-13(4)23/h12,14H,5-11H2,1-4H3,(H,18,23)/t14-/m0/s1. The molecule has 140 valence electrons. The number of nitrogens with zero attached hydrogens (tertiary/aromatic N) is 4. The zero-order chi connectivity index (χ0) is 18.4. The summed E-state index contributed by atoms with van der Waals surface area (Å²) in [6.07, 6.45) is 1.39. The third-order valence-electron chi connectivity index (χ3n) is 4.24. The van der Waals surface area contributed by atoms with Gasteiger partial charge in [-0.05, 0) is 12.3 Å². The van der Waals surface area contributed by atoms with E-state index in [2.05, 4.69) is 34.2 Å². The van der Waals surface area contributed by atoms with Crippen LogP contribution in [-0.4, -0.2) is 64.0 Å². The molecule has 1 aliphatic heterocycles. The lowest BCUT2D eigenvalue weighted by Crippen LogP contribution is -2.54. The van der Waals surface area contributed by atoms with Gasteiger partial charge in [-0.15, -0.1) is 0 Å². The van der Waals surface area contributed by atoms with Crippen molar-refractivity contribution < 1.29 is 14.1 Å². The number of hydrogen-bond acceptors (Lipinski definition) is 6. The maximum absolute atomic E-state index is 12.7. The minimum atomic E-state index is -0.437. The van der Waals surface area contributed by atoms with E-state index in [1.54, 1.807) is 0 Å².